The van der Waals surface area contributed by atoms with Gasteiger partial charge < -0.3 is 9.64 Å². The first-order valence-corrected chi connectivity index (χ1v) is 11.0. The Kier molecular flexibility index (Phi) is 7.05. The van der Waals surface area contributed by atoms with Gasteiger partial charge in [0, 0.05) is 17.6 Å². The minimum absolute atomic E-state index is 0.199. The van der Waals surface area contributed by atoms with Gasteiger partial charge in [-0.1, -0.05) is 22.0 Å². The highest BCUT2D eigenvalue weighted by Gasteiger charge is 2.30. The molecular weight excluding hydrogens is 424 g/mol. The van der Waals surface area contributed by atoms with Gasteiger partial charge in [0.15, 0.2) is 0 Å². The second-order valence-electron chi connectivity index (χ2n) is 6.16. The Morgan fingerprint density at radius 1 is 1.31 bits per heavy atom. The zero-order chi connectivity index (χ0) is 19.3. The largest absolute Gasteiger partial charge is 0.466 e. The number of piperidine rings is 1. The zero-order valence-corrected chi connectivity index (χ0v) is 17.3. The third kappa shape index (κ3) is 5.44. The predicted octanol–water partition coefficient (Wildman–Crippen LogP) is 2.02. The van der Waals surface area contributed by atoms with E-state index in [4.69, 9.17) is 4.74 Å². The van der Waals surface area contributed by atoms with Crippen LogP contribution in [0.25, 0.3) is 0 Å². The quantitative estimate of drug-likeness (QED) is 0.624. The molecule has 0 radical (unpaired) electrons. The standard InChI is InChI=1S/C17H23BrN2O5S/c1-3-25-17(22)13-7-9-19(10-8-13)16(21)12-20(26(2,23)24)15-6-4-5-14(18)11-15/h4-6,11,13H,3,7-10,12H2,1-2H3. The summed E-state index contributed by atoms with van der Waals surface area (Å²) in [5.41, 5.74) is 0.427. The van der Waals surface area contributed by atoms with Crippen LogP contribution in [0.15, 0.2) is 28.7 Å². The molecule has 2 rings (SSSR count). The summed E-state index contributed by atoms with van der Waals surface area (Å²) in [4.78, 5) is 26.0. The molecule has 26 heavy (non-hydrogen) atoms. The number of ether oxygens (including phenoxy) is 1. The van der Waals surface area contributed by atoms with Crippen molar-refractivity contribution in [1.82, 2.24) is 4.90 Å². The first-order chi connectivity index (χ1) is 12.2. The molecular formula is C17H23BrN2O5S. The SMILES string of the molecule is CCOC(=O)C1CCN(C(=O)CN(c2cccc(Br)c2)S(C)(=O)=O)CC1. The smallest absolute Gasteiger partial charge is 0.309 e. The third-order valence-corrected chi connectivity index (χ3v) is 5.88. The predicted molar refractivity (Wildman–Crippen MR) is 102 cm³/mol. The molecule has 0 unspecified atom stereocenters. The van der Waals surface area contributed by atoms with E-state index in [2.05, 4.69) is 15.9 Å². The second-order valence-corrected chi connectivity index (χ2v) is 8.98. The molecule has 144 valence electrons. The lowest BCUT2D eigenvalue weighted by Gasteiger charge is -2.32. The van der Waals surface area contributed by atoms with Gasteiger partial charge in [0.2, 0.25) is 15.9 Å². The van der Waals surface area contributed by atoms with Gasteiger partial charge in [0.25, 0.3) is 0 Å². The molecule has 0 N–H and O–H groups in total. The Labute approximate surface area is 162 Å². The van der Waals surface area contributed by atoms with E-state index >= 15 is 0 Å². The van der Waals surface area contributed by atoms with Crippen LogP contribution >= 0.6 is 15.9 Å². The number of hydrogen-bond donors (Lipinski definition) is 0. The van der Waals surface area contributed by atoms with Gasteiger partial charge in [-0.25, -0.2) is 8.42 Å². The number of carbonyl (C=O) groups is 2. The maximum atomic E-state index is 12.6. The van der Waals surface area contributed by atoms with Crippen LogP contribution in [0.5, 0.6) is 0 Å². The van der Waals surface area contributed by atoms with Crippen LogP contribution in [-0.2, 0) is 24.3 Å². The third-order valence-electron chi connectivity index (χ3n) is 4.24. The summed E-state index contributed by atoms with van der Waals surface area (Å²) in [5.74, 6) is -0.709. The average Bonchev–Trinajstić information content (AvgIpc) is 2.58. The molecule has 1 fully saturated rings. The molecule has 1 aliphatic rings. The van der Waals surface area contributed by atoms with Gasteiger partial charge in [-0.2, -0.15) is 0 Å². The summed E-state index contributed by atoms with van der Waals surface area (Å²) in [5, 5.41) is 0. The van der Waals surface area contributed by atoms with Crippen molar-refractivity contribution < 1.29 is 22.7 Å². The highest BCUT2D eigenvalue weighted by molar-refractivity contribution is 9.10. The highest BCUT2D eigenvalue weighted by Crippen LogP contribution is 2.23. The topological polar surface area (TPSA) is 84.0 Å². The lowest BCUT2D eigenvalue weighted by atomic mass is 9.97. The summed E-state index contributed by atoms with van der Waals surface area (Å²) >= 11 is 3.31. The summed E-state index contributed by atoms with van der Waals surface area (Å²) in [6, 6.07) is 6.80. The highest BCUT2D eigenvalue weighted by atomic mass is 79.9. The maximum Gasteiger partial charge on any atom is 0.309 e. The molecule has 0 atom stereocenters. The molecule has 0 aliphatic carbocycles. The number of carbonyl (C=O) groups excluding carboxylic acids is 2. The second kappa shape index (κ2) is 8.85. The summed E-state index contributed by atoms with van der Waals surface area (Å²) in [6.07, 6.45) is 2.13. The molecule has 1 saturated heterocycles. The number of esters is 1. The number of nitrogens with zero attached hydrogens (tertiary/aromatic N) is 2. The molecule has 1 aromatic rings. The van der Waals surface area contributed by atoms with E-state index in [1.165, 1.54) is 0 Å². The molecule has 0 saturated carbocycles. The van der Waals surface area contributed by atoms with Crippen molar-refractivity contribution in [1.29, 1.82) is 0 Å². The van der Waals surface area contributed by atoms with E-state index in [-0.39, 0.29) is 24.3 Å². The fraction of sp³-hybridized carbons (Fsp3) is 0.529. The minimum atomic E-state index is -3.61. The first kappa shape index (κ1) is 20.7. The zero-order valence-electron chi connectivity index (χ0n) is 14.9. The summed E-state index contributed by atoms with van der Waals surface area (Å²) in [7, 11) is -3.61. The molecule has 7 nitrogen and oxygen atoms in total. The number of rotatable bonds is 6. The van der Waals surface area contributed by atoms with Crippen molar-refractivity contribution in [3.63, 3.8) is 0 Å². The van der Waals surface area contributed by atoms with E-state index in [1.54, 1.807) is 36.1 Å². The first-order valence-electron chi connectivity index (χ1n) is 8.40. The van der Waals surface area contributed by atoms with Crippen LogP contribution in [0.1, 0.15) is 19.8 Å². The van der Waals surface area contributed by atoms with E-state index in [0.29, 0.717) is 38.2 Å². The summed E-state index contributed by atoms with van der Waals surface area (Å²) < 4.78 is 31.2. The Hall–Kier alpha value is -1.61. The van der Waals surface area contributed by atoms with Gasteiger partial charge >= 0.3 is 5.97 Å². The van der Waals surface area contributed by atoms with Crippen molar-refractivity contribution in [3.05, 3.63) is 28.7 Å². The number of likely N-dealkylation sites (tertiary alicyclic amines) is 1. The Bertz CT molecular complexity index is 760. The monoisotopic (exact) mass is 446 g/mol. The van der Waals surface area contributed by atoms with Crippen molar-refractivity contribution in [2.45, 2.75) is 19.8 Å². The number of sulfonamides is 1. The molecule has 1 aromatic carbocycles. The Morgan fingerprint density at radius 2 is 1.96 bits per heavy atom. The van der Waals surface area contributed by atoms with Gasteiger partial charge in [0.05, 0.1) is 24.5 Å². The normalized spacial score (nSPS) is 15.6. The maximum absolute atomic E-state index is 12.6. The number of anilines is 1. The molecule has 1 heterocycles. The van der Waals surface area contributed by atoms with Crippen molar-refractivity contribution in [2.24, 2.45) is 5.92 Å². The van der Waals surface area contributed by atoms with Crippen LogP contribution in [0.2, 0.25) is 0 Å². The summed E-state index contributed by atoms with van der Waals surface area (Å²) in [6.45, 7) is 2.67. The van der Waals surface area contributed by atoms with Crippen molar-refractivity contribution >= 4 is 43.5 Å². The minimum Gasteiger partial charge on any atom is -0.466 e. The fourth-order valence-corrected chi connectivity index (χ4v) is 4.11. The molecule has 9 heteroatoms. The van der Waals surface area contributed by atoms with Crippen LogP contribution in [-0.4, -0.2) is 57.7 Å². The number of benzene rings is 1. The van der Waals surface area contributed by atoms with Gasteiger partial charge in [-0.15, -0.1) is 0 Å². The van der Waals surface area contributed by atoms with E-state index in [1.807, 2.05) is 0 Å². The van der Waals surface area contributed by atoms with E-state index < -0.39 is 10.0 Å². The van der Waals surface area contributed by atoms with Gasteiger partial charge in [-0.3, -0.25) is 13.9 Å². The van der Waals surface area contributed by atoms with Crippen molar-refractivity contribution in [3.8, 4) is 0 Å². The number of amides is 1. The molecule has 1 amide bonds. The van der Waals surface area contributed by atoms with Crippen LogP contribution < -0.4 is 4.31 Å². The lowest BCUT2D eigenvalue weighted by Crippen LogP contribution is -2.46. The van der Waals surface area contributed by atoms with Gasteiger partial charge in [-0.05, 0) is 38.0 Å². The van der Waals surface area contributed by atoms with Gasteiger partial charge in [0.1, 0.15) is 6.54 Å². The Morgan fingerprint density at radius 3 is 2.50 bits per heavy atom. The van der Waals surface area contributed by atoms with Crippen molar-refractivity contribution in [2.75, 3.05) is 36.8 Å². The number of halogens is 1. The van der Waals surface area contributed by atoms with Crippen LogP contribution in [0.3, 0.4) is 0 Å². The molecule has 0 bridgehead atoms. The molecule has 0 aromatic heterocycles. The lowest BCUT2D eigenvalue weighted by molar-refractivity contribution is -0.151. The number of hydrogen-bond acceptors (Lipinski definition) is 5. The van der Waals surface area contributed by atoms with Crippen LogP contribution in [0, 0.1) is 5.92 Å². The fourth-order valence-electron chi connectivity index (χ4n) is 2.88. The molecule has 0 spiro atoms. The average molecular weight is 447 g/mol. The van der Waals surface area contributed by atoms with E-state index in [9.17, 15) is 18.0 Å². The Balaban J connectivity index is 2.04. The van der Waals surface area contributed by atoms with Crippen LogP contribution in [0.4, 0.5) is 5.69 Å². The molecule has 1 aliphatic heterocycles. The van der Waals surface area contributed by atoms with E-state index in [0.717, 1.165) is 15.0 Å².